The number of benzene rings is 2. The first-order valence-electron chi connectivity index (χ1n) is 12.7. The molecule has 198 valence electrons. The summed E-state index contributed by atoms with van der Waals surface area (Å²) in [6, 6.07) is 8.12. The lowest BCUT2D eigenvalue weighted by Gasteiger charge is -2.23. The maximum absolute atomic E-state index is 14.1. The molecule has 1 amide bonds. The largest absolute Gasteiger partial charge is 0.493 e. The first kappa shape index (κ1) is 25.8. The van der Waals surface area contributed by atoms with Gasteiger partial charge in [-0.3, -0.25) is 14.5 Å². The van der Waals surface area contributed by atoms with Gasteiger partial charge in [0.05, 0.1) is 30.7 Å². The summed E-state index contributed by atoms with van der Waals surface area (Å²) in [4.78, 5) is 28.8. The normalized spacial score (nSPS) is 14.8. The second kappa shape index (κ2) is 10.9. The Labute approximate surface area is 223 Å². The van der Waals surface area contributed by atoms with Crippen molar-refractivity contribution in [1.82, 2.24) is 10.2 Å². The van der Waals surface area contributed by atoms with E-state index in [9.17, 15) is 14.0 Å². The number of aromatic nitrogens is 2. The number of methoxy groups -OCH3 is 1. The number of rotatable bonds is 10. The van der Waals surface area contributed by atoms with E-state index < -0.39 is 23.2 Å². The minimum absolute atomic E-state index is 0.0638. The molecule has 1 atom stereocenters. The van der Waals surface area contributed by atoms with Crippen molar-refractivity contribution < 1.29 is 23.1 Å². The van der Waals surface area contributed by atoms with Crippen LogP contribution in [0.4, 0.5) is 9.52 Å². The molecule has 1 aliphatic rings. The Morgan fingerprint density at radius 1 is 1.05 bits per heavy atom. The van der Waals surface area contributed by atoms with E-state index in [1.807, 2.05) is 6.92 Å². The predicted octanol–water partition coefficient (Wildman–Crippen LogP) is 6.06. The first-order chi connectivity index (χ1) is 18.5. The van der Waals surface area contributed by atoms with E-state index in [4.69, 9.17) is 13.9 Å². The van der Waals surface area contributed by atoms with Gasteiger partial charge < -0.3 is 13.9 Å². The van der Waals surface area contributed by atoms with Gasteiger partial charge in [0, 0.05) is 0 Å². The van der Waals surface area contributed by atoms with Crippen LogP contribution in [0.25, 0.3) is 11.0 Å². The number of hydrogen-bond acceptors (Lipinski definition) is 8. The number of carbonyl (C=O) groups is 1. The first-order valence-corrected chi connectivity index (χ1v) is 13.5. The molecule has 8 nitrogen and oxygen atoms in total. The molecule has 4 aromatic rings. The summed E-state index contributed by atoms with van der Waals surface area (Å²) in [6.07, 6.45) is 4.95. The Morgan fingerprint density at radius 3 is 2.63 bits per heavy atom. The van der Waals surface area contributed by atoms with Crippen LogP contribution in [0.15, 0.2) is 45.6 Å². The van der Waals surface area contributed by atoms with Crippen molar-refractivity contribution in [2.75, 3.05) is 18.6 Å². The van der Waals surface area contributed by atoms with Gasteiger partial charge >= 0.3 is 0 Å². The lowest BCUT2D eigenvalue weighted by molar-refractivity contribution is 0.0970. The standard InChI is InChI=1S/C28H28FN3O5S/c1-4-6-7-8-13-36-20-11-9-16(14-21(20)35-3)24-23-25(33)18-15-17(29)10-12-19(18)37-26(23)27(34)32(24)28-31-30-22(5-2)38-28/h9-12,14-15,24H,4-8,13H2,1-3H3. The van der Waals surface area contributed by atoms with Crippen molar-refractivity contribution >= 4 is 33.3 Å². The minimum Gasteiger partial charge on any atom is -0.493 e. The Kier molecular flexibility index (Phi) is 7.42. The summed E-state index contributed by atoms with van der Waals surface area (Å²) in [5.41, 5.74) is 0.386. The van der Waals surface area contributed by atoms with Gasteiger partial charge in [-0.2, -0.15) is 0 Å². The van der Waals surface area contributed by atoms with Gasteiger partial charge in [0.1, 0.15) is 16.4 Å². The molecule has 5 rings (SSSR count). The highest BCUT2D eigenvalue weighted by Gasteiger charge is 2.45. The average molecular weight is 538 g/mol. The van der Waals surface area contributed by atoms with Gasteiger partial charge in [-0.25, -0.2) is 4.39 Å². The fourth-order valence-electron chi connectivity index (χ4n) is 4.63. The third kappa shape index (κ3) is 4.64. The number of fused-ring (bicyclic) bond motifs is 2. The van der Waals surface area contributed by atoms with E-state index in [0.29, 0.717) is 35.2 Å². The zero-order valence-electron chi connectivity index (χ0n) is 21.5. The molecule has 38 heavy (non-hydrogen) atoms. The Hall–Kier alpha value is -3.79. The van der Waals surface area contributed by atoms with Crippen molar-refractivity contribution in [2.24, 2.45) is 0 Å². The van der Waals surface area contributed by atoms with Crippen LogP contribution < -0.4 is 19.8 Å². The fourth-order valence-corrected chi connectivity index (χ4v) is 5.43. The van der Waals surface area contributed by atoms with Crippen LogP contribution in [0.1, 0.15) is 72.3 Å². The van der Waals surface area contributed by atoms with E-state index in [1.54, 1.807) is 18.2 Å². The molecule has 2 aromatic carbocycles. The number of anilines is 1. The zero-order chi connectivity index (χ0) is 26.8. The van der Waals surface area contributed by atoms with E-state index in [0.717, 1.165) is 36.8 Å². The number of amides is 1. The van der Waals surface area contributed by atoms with Crippen molar-refractivity contribution in [3.8, 4) is 11.5 Å². The molecular formula is C28H28FN3O5S. The van der Waals surface area contributed by atoms with Crippen molar-refractivity contribution in [2.45, 2.75) is 52.0 Å². The quantitative estimate of drug-likeness (QED) is 0.227. The second-order valence-corrected chi connectivity index (χ2v) is 10.1. The molecule has 0 aliphatic carbocycles. The van der Waals surface area contributed by atoms with Gasteiger partial charge in [0.25, 0.3) is 5.91 Å². The molecule has 2 aromatic heterocycles. The average Bonchev–Trinajstić information content (AvgIpc) is 3.51. The summed E-state index contributed by atoms with van der Waals surface area (Å²) < 4.78 is 31.5. The highest BCUT2D eigenvalue weighted by Crippen LogP contribution is 2.44. The van der Waals surface area contributed by atoms with Gasteiger partial charge in [0.2, 0.25) is 10.9 Å². The van der Waals surface area contributed by atoms with Gasteiger partial charge in [-0.05, 0) is 48.7 Å². The van der Waals surface area contributed by atoms with Crippen LogP contribution in [0.5, 0.6) is 11.5 Å². The predicted molar refractivity (Wildman–Crippen MR) is 143 cm³/mol. The van der Waals surface area contributed by atoms with Crippen LogP contribution in [-0.2, 0) is 6.42 Å². The van der Waals surface area contributed by atoms with E-state index in [-0.39, 0.29) is 22.3 Å². The van der Waals surface area contributed by atoms with Crippen LogP contribution in [0, 0.1) is 5.82 Å². The summed E-state index contributed by atoms with van der Waals surface area (Å²) in [5.74, 6) is -0.131. The SMILES string of the molecule is CCCCCCOc1ccc(C2c3c(oc4ccc(F)cc4c3=O)C(=O)N2c2nnc(CC)s2)cc1OC. The second-order valence-electron chi connectivity index (χ2n) is 9.04. The molecule has 0 N–H and O–H groups in total. The third-order valence-corrected chi connectivity index (χ3v) is 7.62. The van der Waals surface area contributed by atoms with E-state index >= 15 is 0 Å². The monoisotopic (exact) mass is 537 g/mol. The van der Waals surface area contributed by atoms with Crippen LogP contribution >= 0.6 is 11.3 Å². The molecule has 0 spiro atoms. The molecule has 0 saturated heterocycles. The Bertz CT molecular complexity index is 1550. The number of aryl methyl sites for hydroxylation is 1. The molecule has 0 radical (unpaired) electrons. The summed E-state index contributed by atoms with van der Waals surface area (Å²) in [7, 11) is 1.54. The molecule has 0 fully saturated rings. The summed E-state index contributed by atoms with van der Waals surface area (Å²) >= 11 is 1.27. The van der Waals surface area contributed by atoms with E-state index in [1.165, 1.54) is 35.5 Å². The molecule has 0 saturated carbocycles. The third-order valence-electron chi connectivity index (χ3n) is 6.56. The number of ether oxygens (including phenoxy) is 2. The maximum atomic E-state index is 14.1. The molecule has 0 bridgehead atoms. The summed E-state index contributed by atoms with van der Waals surface area (Å²) in [5, 5.41) is 9.55. The molecule has 10 heteroatoms. The highest BCUT2D eigenvalue weighted by molar-refractivity contribution is 7.15. The minimum atomic E-state index is -0.869. The van der Waals surface area contributed by atoms with Gasteiger partial charge in [-0.15, -0.1) is 10.2 Å². The Balaban J connectivity index is 1.62. The molecule has 1 unspecified atom stereocenters. The van der Waals surface area contributed by atoms with Crippen LogP contribution in [0.2, 0.25) is 0 Å². The molecule has 3 heterocycles. The van der Waals surface area contributed by atoms with E-state index in [2.05, 4.69) is 17.1 Å². The lowest BCUT2D eigenvalue weighted by Crippen LogP contribution is -2.29. The number of carbonyl (C=O) groups excluding carboxylic acids is 1. The topological polar surface area (TPSA) is 94.8 Å². The van der Waals surface area contributed by atoms with Crippen LogP contribution in [-0.4, -0.2) is 29.8 Å². The van der Waals surface area contributed by atoms with Crippen molar-refractivity contribution in [3.05, 3.63) is 74.3 Å². The summed E-state index contributed by atoms with van der Waals surface area (Å²) in [6.45, 7) is 4.65. The van der Waals surface area contributed by atoms with Crippen LogP contribution in [0.3, 0.4) is 0 Å². The number of halogens is 1. The number of unbranched alkanes of at least 4 members (excludes halogenated alkanes) is 3. The lowest BCUT2D eigenvalue weighted by atomic mass is 9.98. The maximum Gasteiger partial charge on any atom is 0.297 e. The van der Waals surface area contributed by atoms with Crippen molar-refractivity contribution in [1.29, 1.82) is 0 Å². The molecule has 1 aliphatic heterocycles. The van der Waals surface area contributed by atoms with Crippen molar-refractivity contribution in [3.63, 3.8) is 0 Å². The zero-order valence-corrected chi connectivity index (χ0v) is 22.3. The van der Waals surface area contributed by atoms with Gasteiger partial charge in [0.15, 0.2) is 16.9 Å². The smallest absolute Gasteiger partial charge is 0.297 e. The number of hydrogen-bond donors (Lipinski definition) is 0. The van der Waals surface area contributed by atoms with Gasteiger partial charge in [-0.1, -0.05) is 50.5 Å². The number of nitrogens with zero attached hydrogens (tertiary/aromatic N) is 3. The Morgan fingerprint density at radius 2 is 1.89 bits per heavy atom. The highest BCUT2D eigenvalue weighted by atomic mass is 32.1. The molecular weight excluding hydrogens is 509 g/mol. The fraction of sp³-hybridized carbons (Fsp3) is 0.357.